The lowest BCUT2D eigenvalue weighted by atomic mass is 10.0. The molecule has 0 aliphatic carbocycles. The minimum atomic E-state index is -3.92. The lowest BCUT2D eigenvalue weighted by Gasteiger charge is -2.15. The molecule has 4 aromatic rings. The number of pyridine rings is 1. The molecule has 190 valence electrons. The number of nitrogen functional groups attached to an aromatic ring is 1. The third-order valence-electron chi connectivity index (χ3n) is 5.06. The highest BCUT2D eigenvalue weighted by Crippen LogP contribution is 2.38. The number of rotatable bonds is 8. The highest BCUT2D eigenvalue weighted by atomic mass is 32.2. The summed E-state index contributed by atoms with van der Waals surface area (Å²) in [6.45, 7) is 1.63. The first-order valence-corrected chi connectivity index (χ1v) is 14.0. The maximum Gasteiger partial charge on any atom is 0.264 e. The number of nitrogens with two attached hydrogens (primary N) is 1. The van der Waals surface area contributed by atoms with Crippen LogP contribution < -0.4 is 15.8 Å². The molecule has 1 atom stereocenters. The fourth-order valence-electron chi connectivity index (χ4n) is 3.26. The van der Waals surface area contributed by atoms with Gasteiger partial charge in [0.1, 0.15) is 28.5 Å². The highest BCUT2D eigenvalue weighted by Gasteiger charge is 2.24. The van der Waals surface area contributed by atoms with Crippen molar-refractivity contribution in [2.75, 3.05) is 15.8 Å². The SMILES string of the molecule is CC(Sc1nc(N)c(C#N)c(-c2cccs2)c1C#N)C(=O)Nc1ccc(S(=O)(=O)Nc2ncccn2)cc1. The number of carbonyl (C=O) groups excluding carboxylic acids is 1. The summed E-state index contributed by atoms with van der Waals surface area (Å²) in [4.78, 5) is 25.4. The van der Waals surface area contributed by atoms with Crippen molar-refractivity contribution in [2.24, 2.45) is 0 Å². The van der Waals surface area contributed by atoms with E-state index in [1.807, 2.05) is 11.4 Å². The predicted octanol–water partition coefficient (Wildman–Crippen LogP) is 3.85. The van der Waals surface area contributed by atoms with Crippen molar-refractivity contribution < 1.29 is 13.2 Å². The van der Waals surface area contributed by atoms with Gasteiger partial charge >= 0.3 is 0 Å². The molecule has 0 bridgehead atoms. The molecule has 4 N–H and O–H groups in total. The number of thioether (sulfide) groups is 1. The fourth-order valence-corrected chi connectivity index (χ4v) is 5.92. The number of nitrogens with one attached hydrogen (secondary N) is 2. The highest BCUT2D eigenvalue weighted by molar-refractivity contribution is 8.00. The normalized spacial score (nSPS) is 11.7. The summed E-state index contributed by atoms with van der Waals surface area (Å²) < 4.78 is 27.4. The maximum atomic E-state index is 12.9. The van der Waals surface area contributed by atoms with Gasteiger partial charge in [0.2, 0.25) is 11.9 Å². The molecular weight excluding hydrogens is 545 g/mol. The number of sulfonamides is 1. The summed E-state index contributed by atoms with van der Waals surface area (Å²) >= 11 is 2.38. The van der Waals surface area contributed by atoms with Gasteiger partial charge < -0.3 is 11.1 Å². The molecule has 0 radical (unpaired) electrons. The van der Waals surface area contributed by atoms with Crippen molar-refractivity contribution >= 4 is 56.5 Å². The van der Waals surface area contributed by atoms with Crippen molar-refractivity contribution in [1.29, 1.82) is 10.5 Å². The Morgan fingerprint density at radius 1 is 1.08 bits per heavy atom. The van der Waals surface area contributed by atoms with Crippen LogP contribution in [0.2, 0.25) is 0 Å². The number of hydrogen-bond acceptors (Lipinski definition) is 11. The Bertz CT molecular complexity index is 1660. The molecule has 1 aromatic carbocycles. The molecule has 4 rings (SSSR count). The van der Waals surface area contributed by atoms with Crippen molar-refractivity contribution in [3.8, 4) is 22.6 Å². The van der Waals surface area contributed by atoms with Gasteiger partial charge in [-0.2, -0.15) is 10.5 Å². The monoisotopic (exact) mass is 562 g/mol. The molecule has 1 amide bonds. The first kappa shape index (κ1) is 26.6. The number of nitrogens with zero attached hydrogens (tertiary/aromatic N) is 5. The van der Waals surface area contributed by atoms with E-state index in [1.165, 1.54) is 48.0 Å². The third kappa shape index (κ3) is 5.73. The zero-order valence-corrected chi connectivity index (χ0v) is 22.1. The van der Waals surface area contributed by atoms with Gasteiger partial charge in [-0.25, -0.2) is 28.1 Å². The van der Waals surface area contributed by atoms with Gasteiger partial charge in [-0.15, -0.1) is 11.3 Å². The Kier molecular flexibility index (Phi) is 7.87. The van der Waals surface area contributed by atoms with E-state index < -0.39 is 21.2 Å². The number of benzene rings is 1. The number of amides is 1. The Hall–Kier alpha value is -4.50. The standard InChI is InChI=1S/C24H18N8O3S3/c1-14(37-23-18(13-26)20(19-4-2-11-36-19)17(12-25)21(27)31-23)22(33)30-15-5-7-16(8-6-15)38(34,35)32-24-28-9-3-10-29-24/h2-11,14H,1H3,(H2,27,31)(H,30,33)(H,28,29,32). The van der Waals surface area contributed by atoms with Gasteiger partial charge in [0, 0.05) is 28.5 Å². The van der Waals surface area contributed by atoms with E-state index in [0.29, 0.717) is 16.1 Å². The molecule has 38 heavy (non-hydrogen) atoms. The van der Waals surface area contributed by atoms with Crippen LogP contribution in [0.25, 0.3) is 10.4 Å². The minimum Gasteiger partial charge on any atom is -0.383 e. The average molecular weight is 563 g/mol. The van der Waals surface area contributed by atoms with Gasteiger partial charge in [0.05, 0.1) is 15.7 Å². The summed E-state index contributed by atoms with van der Waals surface area (Å²) in [5.41, 5.74) is 7.04. The predicted molar refractivity (Wildman–Crippen MR) is 145 cm³/mol. The zero-order valence-electron chi connectivity index (χ0n) is 19.6. The summed E-state index contributed by atoms with van der Waals surface area (Å²) in [7, 11) is -3.92. The molecule has 1 unspecified atom stereocenters. The Morgan fingerprint density at radius 2 is 1.76 bits per heavy atom. The molecule has 0 aliphatic heterocycles. The second-order valence-corrected chi connectivity index (χ2v) is 11.5. The molecule has 0 aliphatic rings. The van der Waals surface area contributed by atoms with Crippen LogP contribution in [0.1, 0.15) is 18.1 Å². The van der Waals surface area contributed by atoms with E-state index >= 15 is 0 Å². The third-order valence-corrected chi connectivity index (χ3v) is 8.38. The largest absolute Gasteiger partial charge is 0.383 e. The molecule has 14 heteroatoms. The Labute approximate surface area is 226 Å². The van der Waals surface area contributed by atoms with Crippen LogP contribution in [-0.4, -0.2) is 34.5 Å². The molecule has 3 aromatic heterocycles. The van der Waals surface area contributed by atoms with E-state index in [2.05, 4.69) is 31.1 Å². The zero-order chi connectivity index (χ0) is 27.3. The van der Waals surface area contributed by atoms with Crippen LogP contribution in [-0.2, 0) is 14.8 Å². The topological polar surface area (TPSA) is 188 Å². The van der Waals surface area contributed by atoms with Crippen molar-refractivity contribution in [3.63, 3.8) is 0 Å². The number of carbonyl (C=O) groups is 1. The van der Waals surface area contributed by atoms with E-state index in [1.54, 1.807) is 25.1 Å². The smallest absolute Gasteiger partial charge is 0.264 e. The average Bonchev–Trinajstić information content (AvgIpc) is 3.43. The van der Waals surface area contributed by atoms with Gasteiger partial charge in [-0.1, -0.05) is 17.8 Å². The number of thiophene rings is 1. The number of anilines is 3. The lowest BCUT2D eigenvalue weighted by Crippen LogP contribution is -2.23. The fraction of sp³-hybridized carbons (Fsp3) is 0.0833. The summed E-state index contributed by atoms with van der Waals surface area (Å²) in [6, 6.07) is 14.8. The van der Waals surface area contributed by atoms with Crippen LogP contribution >= 0.6 is 23.1 Å². The van der Waals surface area contributed by atoms with Gasteiger partial charge in [0.25, 0.3) is 10.0 Å². The van der Waals surface area contributed by atoms with Gasteiger partial charge in [0.15, 0.2) is 0 Å². The number of hydrogen-bond donors (Lipinski definition) is 3. The number of nitriles is 2. The van der Waals surface area contributed by atoms with Crippen LogP contribution in [0.3, 0.4) is 0 Å². The lowest BCUT2D eigenvalue weighted by molar-refractivity contribution is -0.115. The van der Waals surface area contributed by atoms with Crippen LogP contribution in [0, 0.1) is 22.7 Å². The first-order valence-electron chi connectivity index (χ1n) is 10.8. The van der Waals surface area contributed by atoms with Gasteiger partial charge in [-0.3, -0.25) is 4.79 Å². The molecule has 3 heterocycles. The van der Waals surface area contributed by atoms with Crippen LogP contribution in [0.4, 0.5) is 17.5 Å². The minimum absolute atomic E-state index is 0.0312. The van der Waals surface area contributed by atoms with Crippen molar-refractivity contribution in [3.05, 3.63) is 71.4 Å². The number of aromatic nitrogens is 3. The summed E-state index contributed by atoms with van der Waals surface area (Å²) in [5, 5.41) is 23.5. The Balaban J connectivity index is 1.50. The molecule has 0 spiro atoms. The van der Waals surface area contributed by atoms with E-state index in [0.717, 1.165) is 11.8 Å². The summed E-state index contributed by atoms with van der Waals surface area (Å²) in [6.07, 6.45) is 2.82. The molecule has 0 saturated heterocycles. The second-order valence-electron chi connectivity index (χ2n) is 7.58. The summed E-state index contributed by atoms with van der Waals surface area (Å²) in [5.74, 6) is -0.504. The molecule has 0 fully saturated rings. The van der Waals surface area contributed by atoms with E-state index in [4.69, 9.17) is 5.73 Å². The van der Waals surface area contributed by atoms with Crippen molar-refractivity contribution in [1.82, 2.24) is 15.0 Å². The van der Waals surface area contributed by atoms with E-state index in [9.17, 15) is 23.7 Å². The van der Waals surface area contributed by atoms with Gasteiger partial charge in [-0.05, 0) is 48.7 Å². The molecule has 11 nitrogen and oxygen atoms in total. The quantitative estimate of drug-likeness (QED) is 0.266. The first-order chi connectivity index (χ1) is 18.2. The van der Waals surface area contributed by atoms with Crippen LogP contribution in [0.15, 0.2) is 70.2 Å². The molecular formula is C24H18N8O3S3. The van der Waals surface area contributed by atoms with Crippen LogP contribution in [0.5, 0.6) is 0 Å². The Morgan fingerprint density at radius 3 is 2.37 bits per heavy atom. The van der Waals surface area contributed by atoms with Crippen molar-refractivity contribution in [2.45, 2.75) is 22.1 Å². The second kappa shape index (κ2) is 11.3. The van der Waals surface area contributed by atoms with E-state index in [-0.39, 0.29) is 32.8 Å². The molecule has 0 saturated carbocycles. The maximum absolute atomic E-state index is 12.9.